The van der Waals surface area contributed by atoms with Gasteiger partial charge in [0.1, 0.15) is 11.3 Å². The first kappa shape index (κ1) is 12.2. The number of fused-ring (bicyclic) bond motifs is 2. The maximum Gasteiger partial charge on any atom is 0.228 e. The van der Waals surface area contributed by atoms with E-state index in [9.17, 15) is 4.79 Å². The molecule has 1 heterocycles. The van der Waals surface area contributed by atoms with Gasteiger partial charge in [0, 0.05) is 5.92 Å². The maximum atomic E-state index is 12.2. The van der Waals surface area contributed by atoms with Crippen molar-refractivity contribution < 1.29 is 4.79 Å². The van der Waals surface area contributed by atoms with Gasteiger partial charge in [-0.25, -0.2) is 9.97 Å². The van der Waals surface area contributed by atoms with E-state index in [4.69, 9.17) is 23.2 Å². The fourth-order valence-corrected chi connectivity index (χ4v) is 3.49. The van der Waals surface area contributed by atoms with Crippen LogP contribution >= 0.6 is 23.2 Å². The van der Waals surface area contributed by atoms with Crippen molar-refractivity contribution >= 4 is 34.9 Å². The molecule has 1 aromatic heterocycles. The third-order valence-corrected chi connectivity index (χ3v) is 4.80. The van der Waals surface area contributed by atoms with Gasteiger partial charge >= 0.3 is 0 Å². The van der Waals surface area contributed by atoms with Crippen molar-refractivity contribution in [1.29, 1.82) is 0 Å². The Kier molecular flexibility index (Phi) is 3.16. The molecule has 18 heavy (non-hydrogen) atoms. The molecule has 0 aromatic carbocycles. The molecule has 2 bridgehead atoms. The first-order valence-electron chi connectivity index (χ1n) is 6.12. The molecule has 96 valence electrons. The van der Waals surface area contributed by atoms with E-state index in [0.717, 1.165) is 12.3 Å². The number of halogens is 2. The van der Waals surface area contributed by atoms with Crippen LogP contribution in [-0.4, -0.2) is 15.9 Å². The number of hydrogen-bond donors (Lipinski definition) is 1. The molecule has 1 N–H and O–H groups in total. The maximum absolute atomic E-state index is 12.2. The number of amides is 1. The smallest absolute Gasteiger partial charge is 0.228 e. The topological polar surface area (TPSA) is 54.9 Å². The van der Waals surface area contributed by atoms with Crippen LogP contribution in [0.1, 0.15) is 25.7 Å². The zero-order chi connectivity index (χ0) is 12.7. The predicted octanol–water partition coefficient (Wildman–Crippen LogP) is 3.16. The molecule has 1 amide bonds. The minimum atomic E-state index is 0.0128. The summed E-state index contributed by atoms with van der Waals surface area (Å²) in [6.07, 6.45) is 5.92. The van der Waals surface area contributed by atoms with E-state index in [1.807, 2.05) is 0 Å². The average molecular weight is 286 g/mol. The lowest BCUT2D eigenvalue weighted by molar-refractivity contribution is -0.121. The van der Waals surface area contributed by atoms with Crippen LogP contribution in [-0.2, 0) is 4.79 Å². The minimum Gasteiger partial charge on any atom is -0.309 e. The highest BCUT2D eigenvalue weighted by Gasteiger charge is 2.43. The second-order valence-electron chi connectivity index (χ2n) is 5.10. The van der Waals surface area contributed by atoms with Crippen molar-refractivity contribution in [2.45, 2.75) is 25.7 Å². The number of nitrogens with zero attached hydrogens (tertiary/aromatic N) is 2. The van der Waals surface area contributed by atoms with E-state index in [1.54, 1.807) is 0 Å². The molecule has 3 rings (SSSR count). The van der Waals surface area contributed by atoms with Gasteiger partial charge in [-0.05, 0) is 31.1 Å². The van der Waals surface area contributed by atoms with Gasteiger partial charge < -0.3 is 5.32 Å². The molecule has 2 aliphatic carbocycles. The van der Waals surface area contributed by atoms with Crippen molar-refractivity contribution in [3.8, 4) is 0 Å². The van der Waals surface area contributed by atoms with Crippen LogP contribution in [0.3, 0.4) is 0 Å². The number of hydrogen-bond acceptors (Lipinski definition) is 3. The highest BCUT2D eigenvalue weighted by atomic mass is 35.5. The molecule has 0 spiro atoms. The van der Waals surface area contributed by atoms with Crippen molar-refractivity contribution in [3.05, 3.63) is 16.5 Å². The lowest BCUT2D eigenvalue weighted by Crippen LogP contribution is -2.27. The molecular weight excluding hydrogens is 273 g/mol. The molecule has 2 aliphatic rings. The van der Waals surface area contributed by atoms with Crippen molar-refractivity contribution in [2.75, 3.05) is 5.32 Å². The Morgan fingerprint density at radius 3 is 2.78 bits per heavy atom. The fourth-order valence-electron chi connectivity index (χ4n) is 3.21. The summed E-state index contributed by atoms with van der Waals surface area (Å²) in [6.45, 7) is 0. The predicted molar refractivity (Wildman–Crippen MR) is 69.6 cm³/mol. The lowest BCUT2D eigenvalue weighted by Gasteiger charge is -2.20. The molecule has 2 saturated carbocycles. The zero-order valence-corrected chi connectivity index (χ0v) is 11.2. The van der Waals surface area contributed by atoms with E-state index in [2.05, 4.69) is 15.3 Å². The molecule has 3 atom stereocenters. The average Bonchev–Trinajstić information content (AvgIpc) is 2.97. The quantitative estimate of drug-likeness (QED) is 0.850. The largest absolute Gasteiger partial charge is 0.309 e. The number of carbonyl (C=O) groups is 1. The number of aromatic nitrogens is 2. The summed E-state index contributed by atoms with van der Waals surface area (Å²) < 4.78 is 0. The van der Waals surface area contributed by atoms with Gasteiger partial charge in [0.05, 0.1) is 0 Å². The van der Waals surface area contributed by atoms with Crippen LogP contribution in [0.15, 0.2) is 6.33 Å². The van der Waals surface area contributed by atoms with E-state index in [-0.39, 0.29) is 22.0 Å². The molecule has 4 nitrogen and oxygen atoms in total. The Morgan fingerprint density at radius 2 is 2.11 bits per heavy atom. The Hall–Kier alpha value is -0.870. The van der Waals surface area contributed by atoms with E-state index >= 15 is 0 Å². The molecule has 3 unspecified atom stereocenters. The summed E-state index contributed by atoms with van der Waals surface area (Å²) in [5, 5.41) is 3.14. The highest BCUT2D eigenvalue weighted by Crippen LogP contribution is 2.48. The second-order valence-corrected chi connectivity index (χ2v) is 5.83. The molecule has 0 aliphatic heterocycles. The summed E-state index contributed by atoms with van der Waals surface area (Å²) in [5.41, 5.74) is 0. The molecular formula is C12H13Cl2N3O. The zero-order valence-electron chi connectivity index (χ0n) is 9.70. The minimum absolute atomic E-state index is 0.0128. The van der Waals surface area contributed by atoms with Crippen LogP contribution in [0.2, 0.25) is 10.2 Å². The first-order chi connectivity index (χ1) is 8.65. The third-order valence-electron chi connectivity index (χ3n) is 4.06. The summed E-state index contributed by atoms with van der Waals surface area (Å²) in [7, 11) is 0. The van der Waals surface area contributed by atoms with Gasteiger partial charge in [0.15, 0.2) is 11.0 Å². The van der Waals surface area contributed by atoms with Gasteiger partial charge in [0.2, 0.25) is 5.91 Å². The molecule has 0 saturated heterocycles. The molecule has 1 aromatic rings. The first-order valence-corrected chi connectivity index (χ1v) is 6.87. The summed E-state index contributed by atoms with van der Waals surface area (Å²) in [5.74, 6) is 1.69. The molecule has 6 heteroatoms. The van der Waals surface area contributed by atoms with Crippen LogP contribution in [0.25, 0.3) is 0 Å². The Balaban J connectivity index is 1.73. The van der Waals surface area contributed by atoms with Gasteiger partial charge in [-0.15, -0.1) is 0 Å². The SMILES string of the molecule is O=C(Nc1ncnc(Cl)c1Cl)C1CC2CCC1C2. The van der Waals surface area contributed by atoms with E-state index in [1.165, 1.54) is 25.6 Å². The number of carbonyl (C=O) groups excluding carboxylic acids is 1. The highest BCUT2D eigenvalue weighted by molar-refractivity contribution is 6.42. The number of nitrogens with one attached hydrogen (secondary N) is 1. The van der Waals surface area contributed by atoms with Crippen LogP contribution in [0, 0.1) is 17.8 Å². The Bertz CT molecular complexity index is 494. The summed E-state index contributed by atoms with van der Waals surface area (Å²) >= 11 is 11.7. The van der Waals surface area contributed by atoms with Crippen molar-refractivity contribution in [1.82, 2.24) is 9.97 Å². The fraction of sp³-hybridized carbons (Fsp3) is 0.583. The Morgan fingerprint density at radius 1 is 1.28 bits per heavy atom. The van der Waals surface area contributed by atoms with Gasteiger partial charge in [0.25, 0.3) is 0 Å². The van der Waals surface area contributed by atoms with Gasteiger partial charge in [-0.1, -0.05) is 29.6 Å². The van der Waals surface area contributed by atoms with Crippen LogP contribution < -0.4 is 5.32 Å². The molecule has 2 fully saturated rings. The lowest BCUT2D eigenvalue weighted by atomic mass is 9.88. The van der Waals surface area contributed by atoms with Crippen molar-refractivity contribution in [2.24, 2.45) is 17.8 Å². The monoisotopic (exact) mass is 285 g/mol. The summed E-state index contributed by atoms with van der Waals surface area (Å²) in [6, 6.07) is 0. The number of rotatable bonds is 2. The second kappa shape index (κ2) is 4.67. The van der Waals surface area contributed by atoms with Crippen LogP contribution in [0.4, 0.5) is 5.82 Å². The van der Waals surface area contributed by atoms with E-state index in [0.29, 0.717) is 11.7 Å². The van der Waals surface area contributed by atoms with Crippen molar-refractivity contribution in [3.63, 3.8) is 0 Å². The summed E-state index contributed by atoms with van der Waals surface area (Å²) in [4.78, 5) is 19.9. The Labute approximate surface area is 115 Å². The van der Waals surface area contributed by atoms with Crippen LogP contribution in [0.5, 0.6) is 0 Å². The normalized spacial score (nSPS) is 29.6. The van der Waals surface area contributed by atoms with Gasteiger partial charge in [-0.3, -0.25) is 4.79 Å². The third kappa shape index (κ3) is 2.08. The van der Waals surface area contributed by atoms with Gasteiger partial charge in [-0.2, -0.15) is 0 Å². The standard InChI is InChI=1S/C12H13Cl2N3O/c13-9-10(14)15-5-16-11(9)17-12(18)8-4-6-1-2-7(8)3-6/h5-8H,1-4H2,(H,15,16,17,18). The number of anilines is 1. The molecule has 0 radical (unpaired) electrons. The van der Waals surface area contributed by atoms with E-state index < -0.39 is 0 Å².